The van der Waals surface area contributed by atoms with E-state index < -0.39 is 0 Å². The minimum atomic E-state index is 0.198. The number of β-lactam (4-membered cyclic amide) rings is 1. The molecule has 2 rings (SSSR count). The number of rotatable bonds is 4. The fourth-order valence-electron chi connectivity index (χ4n) is 2.20. The fourth-order valence-corrected chi connectivity index (χ4v) is 2.53. The molecule has 1 saturated carbocycles. The first-order valence-electron chi connectivity index (χ1n) is 4.78. The lowest BCUT2D eigenvalue weighted by molar-refractivity contribution is -0.128. The molecule has 2 fully saturated rings. The Morgan fingerprint density at radius 2 is 2.31 bits per heavy atom. The van der Waals surface area contributed by atoms with Gasteiger partial charge in [0.2, 0.25) is 5.91 Å². The minimum Gasteiger partial charge on any atom is -0.352 e. The molecule has 0 aromatic heterocycles. The Morgan fingerprint density at radius 3 is 2.85 bits per heavy atom. The Labute approximate surface area is 86.9 Å². The monoisotopic (exact) mass is 243 g/mol. The average Bonchev–Trinajstić information content (AvgIpc) is 2.67. The van der Waals surface area contributed by atoms with Crippen molar-refractivity contribution in [3.63, 3.8) is 0 Å². The van der Waals surface area contributed by atoms with E-state index in [-0.39, 0.29) is 5.91 Å². The molecule has 1 saturated heterocycles. The second kappa shape index (κ2) is 3.45. The molecule has 0 spiro atoms. The van der Waals surface area contributed by atoms with Crippen molar-refractivity contribution in [2.45, 2.75) is 25.3 Å². The van der Waals surface area contributed by atoms with Crippen molar-refractivity contribution >= 4 is 21.8 Å². The summed E-state index contributed by atoms with van der Waals surface area (Å²) >= 11 is 3.42. The average molecular weight is 244 g/mol. The lowest BCUT2D eigenvalue weighted by Gasteiger charge is -2.26. The van der Waals surface area contributed by atoms with Gasteiger partial charge in [-0.2, -0.15) is 0 Å². The molecule has 1 unspecified atom stereocenters. The zero-order valence-electron chi connectivity index (χ0n) is 7.55. The highest BCUT2D eigenvalue weighted by Gasteiger charge is 2.50. The van der Waals surface area contributed by atoms with Gasteiger partial charge in [0, 0.05) is 23.7 Å². The van der Waals surface area contributed by atoms with Crippen LogP contribution >= 0.6 is 15.9 Å². The van der Waals surface area contributed by atoms with E-state index in [0.717, 1.165) is 5.33 Å². The first-order valence-corrected chi connectivity index (χ1v) is 5.90. The molecule has 1 heterocycles. The van der Waals surface area contributed by atoms with Crippen LogP contribution in [0.15, 0.2) is 12.2 Å². The van der Waals surface area contributed by atoms with Crippen LogP contribution in [0, 0.1) is 11.8 Å². The quantitative estimate of drug-likeness (QED) is 0.456. The van der Waals surface area contributed by atoms with Crippen LogP contribution in [-0.4, -0.2) is 17.3 Å². The summed E-state index contributed by atoms with van der Waals surface area (Å²) < 4.78 is 0. The van der Waals surface area contributed by atoms with Gasteiger partial charge in [0.25, 0.3) is 0 Å². The van der Waals surface area contributed by atoms with Gasteiger partial charge < -0.3 is 5.32 Å². The van der Waals surface area contributed by atoms with Crippen molar-refractivity contribution in [1.29, 1.82) is 0 Å². The third kappa shape index (κ3) is 1.66. The maximum Gasteiger partial charge on any atom is 0.222 e. The van der Waals surface area contributed by atoms with Crippen molar-refractivity contribution in [3.8, 4) is 0 Å². The van der Waals surface area contributed by atoms with Crippen LogP contribution in [0.25, 0.3) is 0 Å². The maximum atomic E-state index is 10.7. The number of alkyl halides is 1. The number of hydrogen-bond donors (Lipinski definition) is 1. The Kier molecular flexibility index (Phi) is 2.45. The van der Waals surface area contributed by atoms with Crippen molar-refractivity contribution in [2.75, 3.05) is 5.33 Å². The first kappa shape index (κ1) is 9.25. The number of carbonyl (C=O) groups is 1. The predicted octanol–water partition coefficient (Wildman–Crippen LogP) is 1.85. The van der Waals surface area contributed by atoms with E-state index in [4.69, 9.17) is 0 Å². The molecule has 3 atom stereocenters. The highest BCUT2D eigenvalue weighted by Crippen LogP contribution is 2.51. The second-order valence-electron chi connectivity index (χ2n) is 3.92. The zero-order chi connectivity index (χ0) is 9.42. The van der Waals surface area contributed by atoms with Crippen molar-refractivity contribution in [2.24, 2.45) is 11.8 Å². The highest BCUT2D eigenvalue weighted by molar-refractivity contribution is 9.09. The van der Waals surface area contributed by atoms with Gasteiger partial charge in [-0.15, -0.1) is 0 Å². The van der Waals surface area contributed by atoms with E-state index in [1.165, 1.54) is 18.4 Å². The van der Waals surface area contributed by atoms with Crippen LogP contribution in [-0.2, 0) is 4.79 Å². The molecule has 1 aliphatic carbocycles. The maximum absolute atomic E-state index is 10.7. The Morgan fingerprint density at radius 1 is 1.62 bits per heavy atom. The predicted molar refractivity (Wildman–Crippen MR) is 55.7 cm³/mol. The number of carbonyl (C=O) groups excluding carboxylic acids is 1. The number of amides is 1. The van der Waals surface area contributed by atoms with Crippen LogP contribution in [0.5, 0.6) is 0 Å². The summed E-state index contributed by atoms with van der Waals surface area (Å²) in [4.78, 5) is 10.7. The molecular formula is C10H14BrNO. The minimum absolute atomic E-state index is 0.198. The third-order valence-corrected chi connectivity index (χ3v) is 3.62. The Hall–Kier alpha value is -0.310. The highest BCUT2D eigenvalue weighted by atomic mass is 79.9. The zero-order valence-corrected chi connectivity index (χ0v) is 9.14. The summed E-state index contributed by atoms with van der Waals surface area (Å²) in [6, 6.07) is 0.417. The SMILES string of the molecule is C=C1[C@H](C2CC(=O)N2)[C@H]1CCCBr. The third-order valence-electron chi connectivity index (χ3n) is 3.06. The number of nitrogens with one attached hydrogen (secondary N) is 1. The Bertz CT molecular complexity index is 243. The normalized spacial score (nSPS) is 36.8. The standard InChI is InChI=1S/C10H14BrNO/c1-6-7(3-2-4-11)10(6)8-5-9(13)12-8/h7-8,10H,1-5H2,(H,12,13)/t7-,8?,10-/m0/s1. The van der Waals surface area contributed by atoms with Crippen molar-refractivity contribution in [3.05, 3.63) is 12.2 Å². The molecule has 2 nitrogen and oxygen atoms in total. The van der Waals surface area contributed by atoms with Crippen molar-refractivity contribution < 1.29 is 4.79 Å². The molecule has 0 bridgehead atoms. The van der Waals surface area contributed by atoms with E-state index in [0.29, 0.717) is 24.3 Å². The Balaban J connectivity index is 1.77. The van der Waals surface area contributed by atoms with Crippen LogP contribution < -0.4 is 5.32 Å². The second-order valence-corrected chi connectivity index (χ2v) is 4.71. The molecule has 1 aliphatic heterocycles. The summed E-state index contributed by atoms with van der Waals surface area (Å²) in [5, 5.41) is 4.00. The molecule has 1 N–H and O–H groups in total. The summed E-state index contributed by atoms with van der Waals surface area (Å²) in [7, 11) is 0. The van der Waals surface area contributed by atoms with Gasteiger partial charge >= 0.3 is 0 Å². The molecular weight excluding hydrogens is 230 g/mol. The van der Waals surface area contributed by atoms with Gasteiger partial charge in [0.1, 0.15) is 0 Å². The van der Waals surface area contributed by atoms with Crippen LogP contribution in [0.2, 0.25) is 0 Å². The molecule has 0 radical (unpaired) electrons. The lowest BCUT2D eigenvalue weighted by Crippen LogP contribution is -2.50. The van der Waals surface area contributed by atoms with E-state index in [9.17, 15) is 4.79 Å². The topological polar surface area (TPSA) is 29.1 Å². The van der Waals surface area contributed by atoms with Gasteiger partial charge in [-0.05, 0) is 18.8 Å². The largest absolute Gasteiger partial charge is 0.352 e. The van der Waals surface area contributed by atoms with Gasteiger partial charge in [0.05, 0.1) is 0 Å². The fraction of sp³-hybridized carbons (Fsp3) is 0.700. The number of halogens is 1. The summed E-state index contributed by atoms with van der Waals surface area (Å²) in [5.41, 5.74) is 1.35. The van der Waals surface area contributed by atoms with Crippen molar-refractivity contribution in [1.82, 2.24) is 5.32 Å². The summed E-state index contributed by atoms with van der Waals surface area (Å²) in [6.07, 6.45) is 3.15. The van der Waals surface area contributed by atoms with Gasteiger partial charge in [0.15, 0.2) is 0 Å². The van der Waals surface area contributed by atoms with Crippen LogP contribution in [0.4, 0.5) is 0 Å². The van der Waals surface area contributed by atoms with Gasteiger partial charge in [-0.25, -0.2) is 0 Å². The molecule has 0 aromatic carbocycles. The van der Waals surface area contributed by atoms with E-state index in [1.54, 1.807) is 0 Å². The molecule has 3 heteroatoms. The van der Waals surface area contributed by atoms with Gasteiger partial charge in [-0.3, -0.25) is 4.79 Å². The summed E-state index contributed by atoms with van der Waals surface area (Å²) in [5.74, 6) is 1.48. The molecule has 2 aliphatic rings. The molecule has 0 aromatic rings. The molecule has 13 heavy (non-hydrogen) atoms. The van der Waals surface area contributed by atoms with E-state index >= 15 is 0 Å². The van der Waals surface area contributed by atoms with Crippen LogP contribution in [0.3, 0.4) is 0 Å². The van der Waals surface area contributed by atoms with Crippen LogP contribution in [0.1, 0.15) is 19.3 Å². The number of hydrogen-bond acceptors (Lipinski definition) is 1. The van der Waals surface area contributed by atoms with E-state index in [2.05, 4.69) is 27.8 Å². The summed E-state index contributed by atoms with van der Waals surface area (Å²) in [6.45, 7) is 4.04. The first-order chi connectivity index (χ1) is 6.24. The smallest absolute Gasteiger partial charge is 0.222 e. The lowest BCUT2D eigenvalue weighted by atomic mass is 9.98. The molecule has 1 amide bonds. The van der Waals surface area contributed by atoms with E-state index in [1.807, 2.05) is 0 Å². The molecule has 72 valence electrons. The van der Waals surface area contributed by atoms with Gasteiger partial charge in [-0.1, -0.05) is 28.1 Å².